The first-order valence-corrected chi connectivity index (χ1v) is 5.10. The number of carbonyl (C=O) groups is 1. The van der Waals surface area contributed by atoms with Crippen molar-refractivity contribution in [2.24, 2.45) is 0 Å². The van der Waals surface area contributed by atoms with Crippen molar-refractivity contribution in [2.45, 2.75) is 26.4 Å². The summed E-state index contributed by atoms with van der Waals surface area (Å²) in [5, 5.41) is 16.6. The number of aromatic nitrogens is 5. The van der Waals surface area contributed by atoms with Crippen molar-refractivity contribution in [1.82, 2.24) is 25.6 Å². The van der Waals surface area contributed by atoms with Gasteiger partial charge in [0, 0.05) is 11.8 Å². The fraction of sp³-hybridized carbons (Fsp3) is 0.400. The number of H-pyrrole nitrogens is 2. The van der Waals surface area contributed by atoms with Crippen LogP contribution in [-0.4, -0.2) is 37.2 Å². The summed E-state index contributed by atoms with van der Waals surface area (Å²) in [4.78, 5) is 11.9. The van der Waals surface area contributed by atoms with Gasteiger partial charge in [-0.25, -0.2) is 4.79 Å². The largest absolute Gasteiger partial charge is 0.455 e. The first kappa shape index (κ1) is 11.3. The summed E-state index contributed by atoms with van der Waals surface area (Å²) in [5.74, 6) is -0.512. The normalized spacial score (nSPS) is 11.5. The molecule has 0 atom stereocenters. The molecule has 0 fully saturated rings. The Morgan fingerprint density at radius 1 is 1.35 bits per heavy atom. The topological polar surface area (TPSA) is 96.6 Å². The zero-order valence-electron chi connectivity index (χ0n) is 9.81. The van der Waals surface area contributed by atoms with E-state index in [1.807, 2.05) is 0 Å². The molecule has 90 valence electrons. The Morgan fingerprint density at radius 2 is 2.12 bits per heavy atom. The van der Waals surface area contributed by atoms with Crippen molar-refractivity contribution in [1.29, 1.82) is 0 Å². The SMILES string of the molecule is CC(C)(C)OC(=O)c1n[nH]nc1-c1cn[nH]c1. The Hall–Kier alpha value is -2.18. The second-order valence-corrected chi connectivity index (χ2v) is 4.51. The number of hydrogen-bond acceptors (Lipinski definition) is 5. The third-order valence-corrected chi connectivity index (χ3v) is 1.91. The van der Waals surface area contributed by atoms with Crippen LogP contribution in [0.3, 0.4) is 0 Å². The standard InChI is InChI=1S/C10H13N5O2/c1-10(2,3)17-9(16)8-7(13-15-14-8)6-4-11-12-5-6/h4-5H,1-3H3,(H,11,12)(H,13,14,15). The maximum atomic E-state index is 11.9. The molecular formula is C10H13N5O2. The molecule has 2 aromatic heterocycles. The van der Waals surface area contributed by atoms with Gasteiger partial charge in [0.15, 0.2) is 5.69 Å². The first-order valence-electron chi connectivity index (χ1n) is 5.10. The number of nitrogens with zero attached hydrogens (tertiary/aromatic N) is 3. The molecule has 2 rings (SSSR count). The highest BCUT2D eigenvalue weighted by Crippen LogP contribution is 2.20. The van der Waals surface area contributed by atoms with Crippen LogP contribution in [0.2, 0.25) is 0 Å². The second kappa shape index (κ2) is 4.00. The molecular weight excluding hydrogens is 222 g/mol. The number of hydrogen-bond donors (Lipinski definition) is 2. The van der Waals surface area contributed by atoms with Crippen molar-refractivity contribution in [3.05, 3.63) is 18.1 Å². The van der Waals surface area contributed by atoms with E-state index in [9.17, 15) is 4.79 Å². The van der Waals surface area contributed by atoms with E-state index in [2.05, 4.69) is 25.6 Å². The van der Waals surface area contributed by atoms with Crippen LogP contribution in [-0.2, 0) is 4.74 Å². The summed E-state index contributed by atoms with van der Waals surface area (Å²) >= 11 is 0. The van der Waals surface area contributed by atoms with Crippen molar-refractivity contribution >= 4 is 5.97 Å². The molecule has 0 radical (unpaired) electrons. The van der Waals surface area contributed by atoms with Gasteiger partial charge in [-0.15, -0.1) is 5.10 Å². The Bertz CT molecular complexity index is 509. The summed E-state index contributed by atoms with van der Waals surface area (Å²) in [7, 11) is 0. The molecule has 0 aliphatic rings. The molecule has 0 aromatic carbocycles. The highest BCUT2D eigenvalue weighted by atomic mass is 16.6. The van der Waals surface area contributed by atoms with Crippen LogP contribution in [0, 0.1) is 0 Å². The van der Waals surface area contributed by atoms with Gasteiger partial charge in [-0.2, -0.15) is 15.4 Å². The van der Waals surface area contributed by atoms with Gasteiger partial charge in [-0.1, -0.05) is 0 Å². The highest BCUT2D eigenvalue weighted by Gasteiger charge is 2.24. The predicted octanol–water partition coefficient (Wildman–Crippen LogP) is 1.15. The van der Waals surface area contributed by atoms with Crippen molar-refractivity contribution in [2.75, 3.05) is 0 Å². The molecule has 0 saturated heterocycles. The zero-order valence-corrected chi connectivity index (χ0v) is 9.81. The highest BCUT2D eigenvalue weighted by molar-refractivity contribution is 5.93. The van der Waals surface area contributed by atoms with Gasteiger partial charge in [-0.05, 0) is 20.8 Å². The van der Waals surface area contributed by atoms with E-state index < -0.39 is 11.6 Å². The van der Waals surface area contributed by atoms with Crippen LogP contribution in [0.25, 0.3) is 11.3 Å². The van der Waals surface area contributed by atoms with Crippen molar-refractivity contribution in [3.63, 3.8) is 0 Å². The van der Waals surface area contributed by atoms with Crippen LogP contribution in [0.15, 0.2) is 12.4 Å². The number of rotatable bonds is 2. The summed E-state index contributed by atoms with van der Waals surface area (Å²) in [6, 6.07) is 0. The molecule has 7 nitrogen and oxygen atoms in total. The van der Waals surface area contributed by atoms with Gasteiger partial charge >= 0.3 is 5.97 Å². The molecule has 17 heavy (non-hydrogen) atoms. The van der Waals surface area contributed by atoms with E-state index in [0.717, 1.165) is 0 Å². The van der Waals surface area contributed by atoms with Crippen LogP contribution in [0.5, 0.6) is 0 Å². The van der Waals surface area contributed by atoms with E-state index >= 15 is 0 Å². The van der Waals surface area contributed by atoms with Gasteiger partial charge < -0.3 is 4.74 Å². The lowest BCUT2D eigenvalue weighted by Gasteiger charge is -2.18. The molecule has 0 aliphatic carbocycles. The Kier molecular flexibility index (Phi) is 2.66. The maximum Gasteiger partial charge on any atom is 0.361 e. The molecule has 0 bridgehead atoms. The molecule has 2 heterocycles. The fourth-order valence-electron chi connectivity index (χ4n) is 1.28. The van der Waals surface area contributed by atoms with Crippen LogP contribution >= 0.6 is 0 Å². The van der Waals surface area contributed by atoms with Crippen LogP contribution < -0.4 is 0 Å². The smallest absolute Gasteiger partial charge is 0.361 e. The summed E-state index contributed by atoms with van der Waals surface area (Å²) in [6.45, 7) is 5.38. The van der Waals surface area contributed by atoms with Gasteiger partial charge in [0.2, 0.25) is 0 Å². The summed E-state index contributed by atoms with van der Waals surface area (Å²) < 4.78 is 5.23. The van der Waals surface area contributed by atoms with Gasteiger partial charge in [0.05, 0.1) is 6.20 Å². The Balaban J connectivity index is 2.29. The number of carbonyl (C=O) groups excluding carboxylic acids is 1. The molecule has 0 spiro atoms. The van der Waals surface area contributed by atoms with Crippen LogP contribution in [0.1, 0.15) is 31.3 Å². The van der Waals surface area contributed by atoms with Crippen molar-refractivity contribution < 1.29 is 9.53 Å². The van der Waals surface area contributed by atoms with E-state index in [-0.39, 0.29) is 5.69 Å². The van der Waals surface area contributed by atoms with Crippen LogP contribution in [0.4, 0.5) is 0 Å². The fourth-order valence-corrected chi connectivity index (χ4v) is 1.28. The molecule has 0 amide bonds. The maximum absolute atomic E-state index is 11.9. The number of esters is 1. The predicted molar refractivity (Wildman–Crippen MR) is 59.1 cm³/mol. The molecule has 2 aromatic rings. The Labute approximate surface area is 97.6 Å². The van der Waals surface area contributed by atoms with Gasteiger partial charge in [0.1, 0.15) is 11.3 Å². The van der Waals surface area contributed by atoms with E-state index in [1.54, 1.807) is 33.2 Å². The minimum atomic E-state index is -0.566. The van der Waals surface area contributed by atoms with Crippen molar-refractivity contribution in [3.8, 4) is 11.3 Å². The monoisotopic (exact) mass is 235 g/mol. The lowest BCUT2D eigenvalue weighted by Crippen LogP contribution is -2.24. The quantitative estimate of drug-likeness (QED) is 0.761. The minimum Gasteiger partial charge on any atom is -0.455 e. The molecule has 0 unspecified atom stereocenters. The lowest BCUT2D eigenvalue weighted by molar-refractivity contribution is 0.00637. The number of nitrogens with one attached hydrogen (secondary N) is 2. The summed E-state index contributed by atoms with van der Waals surface area (Å²) in [5.41, 5.74) is 0.692. The minimum absolute atomic E-state index is 0.154. The second-order valence-electron chi connectivity index (χ2n) is 4.51. The first-order chi connectivity index (χ1) is 7.97. The Morgan fingerprint density at radius 3 is 2.71 bits per heavy atom. The number of aromatic amines is 2. The molecule has 0 aliphatic heterocycles. The molecule has 7 heteroatoms. The van der Waals surface area contributed by atoms with E-state index in [0.29, 0.717) is 11.3 Å². The van der Waals surface area contributed by atoms with E-state index in [1.165, 1.54) is 0 Å². The average Bonchev–Trinajstić information content (AvgIpc) is 2.85. The third kappa shape index (κ3) is 2.49. The average molecular weight is 235 g/mol. The van der Waals surface area contributed by atoms with E-state index in [4.69, 9.17) is 4.74 Å². The zero-order chi connectivity index (χ0) is 12.5. The van der Waals surface area contributed by atoms with Gasteiger partial charge in [-0.3, -0.25) is 5.10 Å². The third-order valence-electron chi connectivity index (χ3n) is 1.91. The van der Waals surface area contributed by atoms with Gasteiger partial charge in [0.25, 0.3) is 0 Å². The lowest BCUT2D eigenvalue weighted by atomic mass is 10.2. The molecule has 2 N–H and O–H groups in total. The molecule has 0 saturated carbocycles. The summed E-state index contributed by atoms with van der Waals surface area (Å²) in [6.07, 6.45) is 3.19. The number of ether oxygens (including phenoxy) is 1.